The molecule has 0 unspecified atom stereocenters. The van der Waals surface area contributed by atoms with Crippen LogP contribution >= 0.6 is 0 Å². The van der Waals surface area contributed by atoms with E-state index in [4.69, 9.17) is 15.1 Å². The Morgan fingerprint density at radius 2 is 0.853 bits per heavy atom. The zero-order chi connectivity index (χ0) is 44.8. The van der Waals surface area contributed by atoms with Crippen LogP contribution in [0, 0.1) is 0 Å². The van der Waals surface area contributed by atoms with Gasteiger partial charge in [0.1, 0.15) is 5.69 Å². The predicted molar refractivity (Wildman–Crippen MR) is 277 cm³/mol. The van der Waals surface area contributed by atoms with E-state index in [0.29, 0.717) is 5.82 Å². The minimum absolute atomic E-state index is 0.458. The van der Waals surface area contributed by atoms with Crippen molar-refractivity contribution in [3.63, 3.8) is 0 Å². The van der Waals surface area contributed by atoms with Crippen LogP contribution in [-0.4, -0.2) is 19.6 Å². The van der Waals surface area contributed by atoms with Gasteiger partial charge in [0.25, 0.3) is 0 Å². The van der Waals surface area contributed by atoms with E-state index in [-0.39, 0.29) is 0 Å². The molecule has 2 aliphatic rings. The standard InChI is InChI=1S/C64H40N4/c1-4-19-41(20-5-1)57-40-58(45-35-36-52-51-31-14-17-34-55(51)64(56(52)38-45)53-32-15-12-29-49(53)50-30-13-16-33-54(50)64)66-63(65-57)47-27-18-26-46(37-47)59-39-44-25-10-11-28-48(44)62-60(42-21-6-2-7-22-42)61(67-68(59)62)43-23-8-3-9-24-43/h1-40H. The predicted octanol–water partition coefficient (Wildman–Crippen LogP) is 15.6. The number of nitrogens with zero attached hydrogens (tertiary/aromatic N) is 4. The fourth-order valence-electron chi connectivity index (χ4n) is 11.3. The molecule has 3 heterocycles. The molecule has 1 spiro atoms. The Morgan fingerprint density at radius 1 is 0.338 bits per heavy atom. The van der Waals surface area contributed by atoms with Gasteiger partial charge >= 0.3 is 0 Å². The molecule has 0 bridgehead atoms. The quantitative estimate of drug-likeness (QED) is 0.167. The van der Waals surface area contributed by atoms with Crippen LogP contribution in [0.4, 0.5) is 0 Å². The molecule has 0 saturated carbocycles. The Balaban J connectivity index is 0.971. The molecule has 2 aliphatic carbocycles. The summed E-state index contributed by atoms with van der Waals surface area (Å²) in [6.45, 7) is 0. The Labute approximate surface area is 394 Å². The summed E-state index contributed by atoms with van der Waals surface area (Å²) < 4.78 is 2.15. The van der Waals surface area contributed by atoms with E-state index < -0.39 is 5.41 Å². The number of hydrogen-bond donors (Lipinski definition) is 0. The lowest BCUT2D eigenvalue weighted by Gasteiger charge is -2.30. The van der Waals surface area contributed by atoms with Gasteiger partial charge in [0, 0.05) is 38.8 Å². The van der Waals surface area contributed by atoms with Gasteiger partial charge in [-0.1, -0.05) is 218 Å². The summed E-state index contributed by atoms with van der Waals surface area (Å²) >= 11 is 0. The second-order valence-electron chi connectivity index (χ2n) is 17.9. The molecule has 3 aromatic heterocycles. The zero-order valence-electron chi connectivity index (χ0n) is 36.9. The number of aromatic nitrogens is 4. The molecule has 0 atom stereocenters. The van der Waals surface area contributed by atoms with Crippen LogP contribution in [0.5, 0.6) is 0 Å². The second kappa shape index (κ2) is 15.0. The molecule has 9 aromatic carbocycles. The maximum Gasteiger partial charge on any atom is 0.160 e. The maximum atomic E-state index is 5.49. The summed E-state index contributed by atoms with van der Waals surface area (Å²) in [6, 6.07) is 87.2. The van der Waals surface area contributed by atoms with Gasteiger partial charge in [0.05, 0.1) is 28.0 Å². The third-order valence-corrected chi connectivity index (χ3v) is 14.2. The Bertz CT molecular complexity index is 3900. The lowest BCUT2D eigenvalue weighted by molar-refractivity contribution is 0.794. The van der Waals surface area contributed by atoms with Crippen molar-refractivity contribution >= 4 is 16.3 Å². The maximum absolute atomic E-state index is 5.49. The first-order valence-corrected chi connectivity index (χ1v) is 23.3. The molecule has 316 valence electrons. The average molecular weight is 865 g/mol. The van der Waals surface area contributed by atoms with Crippen LogP contribution < -0.4 is 0 Å². The van der Waals surface area contributed by atoms with Gasteiger partial charge in [0.15, 0.2) is 5.82 Å². The van der Waals surface area contributed by atoms with Crippen molar-refractivity contribution in [2.75, 3.05) is 0 Å². The van der Waals surface area contributed by atoms with Crippen LogP contribution in [0.2, 0.25) is 0 Å². The molecule has 14 rings (SSSR count). The monoisotopic (exact) mass is 864 g/mol. The van der Waals surface area contributed by atoms with Gasteiger partial charge in [-0.05, 0) is 79.7 Å². The van der Waals surface area contributed by atoms with E-state index in [2.05, 4.69) is 247 Å². The largest absolute Gasteiger partial charge is 0.231 e. The first-order chi connectivity index (χ1) is 33.7. The number of hydrogen-bond acceptors (Lipinski definition) is 3. The third kappa shape index (κ3) is 5.64. The SMILES string of the molecule is c1ccc(-c2cc(-c3ccc4c(c3)C3(c5ccccc5-c5ccccc53)c3ccccc3-4)nc(-c3cccc(-c4cc5ccccc5c5c(-c6ccccc6)c(-c6ccccc6)nn45)c3)n2)cc1. The highest BCUT2D eigenvalue weighted by atomic mass is 15.2. The molecule has 0 saturated heterocycles. The highest BCUT2D eigenvalue weighted by Crippen LogP contribution is 2.63. The topological polar surface area (TPSA) is 43.1 Å². The average Bonchev–Trinajstić information content (AvgIpc) is 4.07. The van der Waals surface area contributed by atoms with Gasteiger partial charge < -0.3 is 0 Å². The molecule has 0 radical (unpaired) electrons. The van der Waals surface area contributed by atoms with E-state index >= 15 is 0 Å². The number of fused-ring (bicyclic) bond motifs is 13. The molecule has 4 heteroatoms. The fraction of sp³-hybridized carbons (Fsp3) is 0.0156. The van der Waals surface area contributed by atoms with Crippen molar-refractivity contribution in [2.24, 2.45) is 0 Å². The molecule has 68 heavy (non-hydrogen) atoms. The summed E-state index contributed by atoms with van der Waals surface area (Å²) in [5, 5.41) is 7.77. The molecule has 12 aromatic rings. The van der Waals surface area contributed by atoms with Crippen molar-refractivity contribution in [2.45, 2.75) is 5.41 Å². The number of benzene rings is 9. The van der Waals surface area contributed by atoms with Gasteiger partial charge in [0.2, 0.25) is 0 Å². The molecule has 0 N–H and O–H groups in total. The van der Waals surface area contributed by atoms with Gasteiger partial charge in [-0.25, -0.2) is 14.5 Å². The van der Waals surface area contributed by atoms with Crippen LogP contribution in [-0.2, 0) is 5.41 Å². The van der Waals surface area contributed by atoms with Crippen LogP contribution in [0.3, 0.4) is 0 Å². The molecular formula is C64H40N4. The van der Waals surface area contributed by atoms with E-state index in [1.54, 1.807) is 0 Å². The Hall–Kier alpha value is -8.99. The van der Waals surface area contributed by atoms with Crippen molar-refractivity contribution in [1.82, 2.24) is 19.6 Å². The molecule has 0 amide bonds. The summed E-state index contributed by atoms with van der Waals surface area (Å²) in [6.07, 6.45) is 0. The van der Waals surface area contributed by atoms with E-state index in [1.165, 1.54) is 44.5 Å². The second-order valence-corrected chi connectivity index (χ2v) is 17.9. The lowest BCUT2D eigenvalue weighted by Crippen LogP contribution is -2.25. The van der Waals surface area contributed by atoms with E-state index in [0.717, 1.165) is 78.0 Å². The van der Waals surface area contributed by atoms with Gasteiger partial charge in [-0.2, -0.15) is 5.10 Å². The minimum Gasteiger partial charge on any atom is -0.231 e. The first kappa shape index (κ1) is 38.3. The fourth-order valence-corrected chi connectivity index (χ4v) is 11.3. The molecule has 0 fully saturated rings. The highest BCUT2D eigenvalue weighted by Gasteiger charge is 2.51. The summed E-state index contributed by atoms with van der Waals surface area (Å²) in [5.41, 5.74) is 22.0. The van der Waals surface area contributed by atoms with Crippen LogP contribution in [0.15, 0.2) is 243 Å². The van der Waals surface area contributed by atoms with Crippen LogP contribution in [0.1, 0.15) is 22.3 Å². The number of rotatable bonds is 6. The summed E-state index contributed by atoms with van der Waals surface area (Å²) in [4.78, 5) is 10.8. The van der Waals surface area contributed by atoms with Crippen molar-refractivity contribution < 1.29 is 0 Å². The van der Waals surface area contributed by atoms with Crippen molar-refractivity contribution in [3.05, 3.63) is 265 Å². The Kier molecular flexibility index (Phi) is 8.46. The van der Waals surface area contributed by atoms with E-state index in [9.17, 15) is 0 Å². The van der Waals surface area contributed by atoms with Crippen molar-refractivity contribution in [3.8, 4) is 89.8 Å². The normalized spacial score (nSPS) is 12.8. The summed E-state index contributed by atoms with van der Waals surface area (Å²) in [5.74, 6) is 0.658. The number of pyridine rings is 1. The van der Waals surface area contributed by atoms with E-state index in [1.807, 2.05) is 0 Å². The summed E-state index contributed by atoms with van der Waals surface area (Å²) in [7, 11) is 0. The molecule has 4 nitrogen and oxygen atoms in total. The highest BCUT2D eigenvalue weighted by molar-refractivity contribution is 6.08. The minimum atomic E-state index is -0.458. The van der Waals surface area contributed by atoms with Crippen LogP contribution in [0.25, 0.3) is 106 Å². The third-order valence-electron chi connectivity index (χ3n) is 14.2. The molecular weight excluding hydrogens is 825 g/mol. The van der Waals surface area contributed by atoms with Gasteiger partial charge in [-0.3, -0.25) is 0 Å². The molecule has 0 aliphatic heterocycles. The first-order valence-electron chi connectivity index (χ1n) is 23.3. The zero-order valence-corrected chi connectivity index (χ0v) is 36.9. The van der Waals surface area contributed by atoms with Crippen molar-refractivity contribution in [1.29, 1.82) is 0 Å². The van der Waals surface area contributed by atoms with Gasteiger partial charge in [-0.15, -0.1) is 0 Å². The smallest absolute Gasteiger partial charge is 0.160 e. The Morgan fingerprint density at radius 3 is 1.51 bits per heavy atom. The lowest BCUT2D eigenvalue weighted by atomic mass is 9.70.